The van der Waals surface area contributed by atoms with Crippen molar-refractivity contribution in [2.45, 2.75) is 13.5 Å². The van der Waals surface area contributed by atoms with Crippen LogP contribution in [-0.2, 0) is 11.3 Å². The van der Waals surface area contributed by atoms with Crippen LogP contribution in [0, 0.1) is 12.7 Å². The Morgan fingerprint density at radius 2 is 1.97 bits per heavy atom. The van der Waals surface area contributed by atoms with Crippen LogP contribution < -0.4 is 10.1 Å². The molecule has 0 aliphatic rings. The number of aliphatic hydroxyl groups excluding tert-OH is 1. The van der Waals surface area contributed by atoms with Gasteiger partial charge in [0.2, 0.25) is 0 Å². The van der Waals surface area contributed by atoms with Gasteiger partial charge in [-0.15, -0.1) is 11.3 Å². The molecule has 0 radical (unpaired) electrons. The molecule has 0 spiro atoms. The van der Waals surface area contributed by atoms with Gasteiger partial charge in [0.1, 0.15) is 5.75 Å². The molecule has 6 nitrogen and oxygen atoms in total. The van der Waals surface area contributed by atoms with Gasteiger partial charge in [-0.05, 0) is 42.3 Å². The zero-order valence-corrected chi connectivity index (χ0v) is 18.5. The summed E-state index contributed by atoms with van der Waals surface area (Å²) in [4.78, 5) is 9.98. The third kappa shape index (κ3) is 5.46. The van der Waals surface area contributed by atoms with Crippen molar-refractivity contribution in [1.82, 2.24) is 15.3 Å². The summed E-state index contributed by atoms with van der Waals surface area (Å²) in [5.74, 6) is 0.366. The van der Waals surface area contributed by atoms with E-state index in [0.29, 0.717) is 32.1 Å². The van der Waals surface area contributed by atoms with E-state index in [0.717, 1.165) is 31.9 Å². The highest BCUT2D eigenvalue weighted by atomic mass is 32.1. The number of pyridine rings is 2. The Morgan fingerprint density at radius 1 is 1.06 bits per heavy atom. The standard InChI is InChI=1S/C24H24FN3O3S/c1-16-2-5-21(18(25)12-16)31-22-6-7-27-20-13-23(32-24(20)22)19-4-3-17(15-28-19)14-26-8-10-30-11-9-29/h2-7,12-13,15,26,29H,8-11,14H2,1H3. The molecule has 0 saturated carbocycles. The fraction of sp³-hybridized carbons (Fsp3) is 0.250. The lowest BCUT2D eigenvalue weighted by molar-refractivity contribution is 0.0938. The highest BCUT2D eigenvalue weighted by molar-refractivity contribution is 7.22. The quantitative estimate of drug-likeness (QED) is 0.339. The second kappa shape index (κ2) is 10.6. The Bertz CT molecular complexity index is 1180. The summed E-state index contributed by atoms with van der Waals surface area (Å²) in [7, 11) is 0. The smallest absolute Gasteiger partial charge is 0.165 e. The van der Waals surface area contributed by atoms with Crippen LogP contribution in [0.2, 0.25) is 0 Å². The summed E-state index contributed by atoms with van der Waals surface area (Å²) in [5, 5.41) is 12.0. The van der Waals surface area contributed by atoms with E-state index in [2.05, 4.69) is 15.3 Å². The Balaban J connectivity index is 1.46. The van der Waals surface area contributed by atoms with Crippen molar-refractivity contribution in [2.75, 3.05) is 26.4 Å². The molecule has 0 saturated heterocycles. The Kier molecular flexibility index (Phi) is 7.39. The summed E-state index contributed by atoms with van der Waals surface area (Å²) in [6.45, 7) is 4.17. The number of nitrogens with zero attached hydrogens (tertiary/aromatic N) is 2. The SMILES string of the molecule is Cc1ccc(Oc2ccnc3cc(-c4ccc(CNCCOCCO)cn4)sc23)c(F)c1. The third-order valence-corrected chi connectivity index (χ3v) is 5.91. The van der Waals surface area contributed by atoms with Crippen molar-refractivity contribution in [2.24, 2.45) is 0 Å². The van der Waals surface area contributed by atoms with Gasteiger partial charge in [0, 0.05) is 31.5 Å². The molecule has 166 valence electrons. The predicted octanol–water partition coefficient (Wildman–Crippen LogP) is 4.70. The van der Waals surface area contributed by atoms with Gasteiger partial charge in [0.25, 0.3) is 0 Å². The minimum Gasteiger partial charge on any atom is -0.453 e. The first-order valence-corrected chi connectivity index (χ1v) is 11.1. The molecule has 3 aromatic heterocycles. The molecule has 0 atom stereocenters. The largest absolute Gasteiger partial charge is 0.453 e. The fourth-order valence-electron chi connectivity index (χ4n) is 3.15. The molecule has 4 rings (SSSR count). The molecule has 32 heavy (non-hydrogen) atoms. The Hall–Kier alpha value is -2.91. The lowest BCUT2D eigenvalue weighted by Gasteiger charge is -2.08. The van der Waals surface area contributed by atoms with Crippen LogP contribution in [0.1, 0.15) is 11.1 Å². The van der Waals surface area contributed by atoms with Crippen molar-refractivity contribution < 1.29 is 19.0 Å². The van der Waals surface area contributed by atoms with E-state index in [4.69, 9.17) is 14.6 Å². The van der Waals surface area contributed by atoms with E-state index in [1.165, 1.54) is 17.4 Å². The molecule has 0 amide bonds. The molecule has 1 aromatic carbocycles. The number of rotatable bonds is 10. The van der Waals surface area contributed by atoms with Crippen molar-refractivity contribution >= 4 is 21.6 Å². The monoisotopic (exact) mass is 453 g/mol. The van der Waals surface area contributed by atoms with Crippen molar-refractivity contribution in [3.8, 4) is 22.1 Å². The molecule has 0 bridgehead atoms. The molecule has 0 fully saturated rings. The molecular weight excluding hydrogens is 429 g/mol. The second-order valence-corrected chi connectivity index (χ2v) is 8.29. The fourth-order valence-corrected chi connectivity index (χ4v) is 4.19. The molecule has 8 heteroatoms. The van der Waals surface area contributed by atoms with E-state index in [1.54, 1.807) is 18.3 Å². The summed E-state index contributed by atoms with van der Waals surface area (Å²) in [6, 6.07) is 12.6. The van der Waals surface area contributed by atoms with Gasteiger partial charge in [0.05, 0.1) is 40.6 Å². The van der Waals surface area contributed by atoms with Crippen molar-refractivity contribution in [3.05, 3.63) is 71.8 Å². The van der Waals surface area contributed by atoms with E-state index >= 15 is 0 Å². The number of hydrogen-bond acceptors (Lipinski definition) is 7. The molecule has 0 aliphatic heterocycles. The number of nitrogens with one attached hydrogen (secondary N) is 1. The first-order valence-electron chi connectivity index (χ1n) is 10.3. The zero-order valence-electron chi connectivity index (χ0n) is 17.7. The number of aliphatic hydroxyl groups is 1. The number of aryl methyl sites for hydroxylation is 1. The number of aromatic nitrogens is 2. The maximum atomic E-state index is 14.2. The van der Waals surface area contributed by atoms with Crippen molar-refractivity contribution in [1.29, 1.82) is 0 Å². The number of ether oxygens (including phenoxy) is 2. The zero-order chi connectivity index (χ0) is 22.3. The highest BCUT2D eigenvalue weighted by Crippen LogP contribution is 2.39. The number of halogens is 1. The first-order chi connectivity index (χ1) is 15.6. The Morgan fingerprint density at radius 3 is 2.75 bits per heavy atom. The average Bonchev–Trinajstić information content (AvgIpc) is 3.24. The number of hydrogen-bond donors (Lipinski definition) is 2. The van der Waals surface area contributed by atoms with Crippen LogP contribution in [0.3, 0.4) is 0 Å². The summed E-state index contributed by atoms with van der Waals surface area (Å²) in [5.41, 5.74) is 3.53. The topological polar surface area (TPSA) is 76.5 Å². The molecule has 0 unspecified atom stereocenters. The van der Waals surface area contributed by atoms with Crippen LogP contribution in [0.4, 0.5) is 4.39 Å². The third-order valence-electron chi connectivity index (χ3n) is 4.75. The van der Waals surface area contributed by atoms with E-state index in [9.17, 15) is 4.39 Å². The first kappa shape index (κ1) is 22.3. The lowest BCUT2D eigenvalue weighted by atomic mass is 10.2. The van der Waals surface area contributed by atoms with E-state index in [1.807, 2.05) is 37.4 Å². The molecular formula is C24H24FN3O3S. The van der Waals surface area contributed by atoms with Gasteiger partial charge in [0.15, 0.2) is 11.6 Å². The lowest BCUT2D eigenvalue weighted by Crippen LogP contribution is -2.20. The van der Waals surface area contributed by atoms with Gasteiger partial charge in [-0.25, -0.2) is 4.39 Å². The second-order valence-electron chi connectivity index (χ2n) is 7.23. The maximum Gasteiger partial charge on any atom is 0.165 e. The van der Waals surface area contributed by atoms with E-state index in [-0.39, 0.29) is 12.4 Å². The molecule has 0 aliphatic carbocycles. The maximum absolute atomic E-state index is 14.2. The average molecular weight is 454 g/mol. The van der Waals surface area contributed by atoms with Gasteiger partial charge in [-0.1, -0.05) is 12.1 Å². The number of fused-ring (bicyclic) bond motifs is 1. The van der Waals surface area contributed by atoms with Crippen molar-refractivity contribution in [3.63, 3.8) is 0 Å². The van der Waals surface area contributed by atoms with Crippen LogP contribution in [0.15, 0.2) is 54.9 Å². The van der Waals surface area contributed by atoms with Gasteiger partial charge >= 0.3 is 0 Å². The molecule has 2 N–H and O–H groups in total. The highest BCUT2D eigenvalue weighted by Gasteiger charge is 2.13. The molecule has 3 heterocycles. The Labute approximate surface area is 189 Å². The van der Waals surface area contributed by atoms with Crippen LogP contribution in [-0.4, -0.2) is 41.4 Å². The van der Waals surface area contributed by atoms with Gasteiger partial charge in [-0.2, -0.15) is 0 Å². The van der Waals surface area contributed by atoms with Crippen LogP contribution in [0.5, 0.6) is 11.5 Å². The predicted molar refractivity (Wildman–Crippen MR) is 124 cm³/mol. The van der Waals surface area contributed by atoms with Crippen LogP contribution >= 0.6 is 11.3 Å². The summed E-state index contributed by atoms with van der Waals surface area (Å²) < 4.78 is 26.2. The van der Waals surface area contributed by atoms with Crippen LogP contribution in [0.25, 0.3) is 20.8 Å². The normalized spacial score (nSPS) is 11.2. The van der Waals surface area contributed by atoms with Gasteiger partial charge in [-0.3, -0.25) is 9.97 Å². The summed E-state index contributed by atoms with van der Waals surface area (Å²) >= 11 is 1.52. The number of benzene rings is 1. The minimum absolute atomic E-state index is 0.0368. The minimum atomic E-state index is -0.391. The molecule has 4 aromatic rings. The van der Waals surface area contributed by atoms with Gasteiger partial charge < -0.3 is 19.9 Å². The van der Waals surface area contributed by atoms with E-state index < -0.39 is 5.82 Å². The summed E-state index contributed by atoms with van der Waals surface area (Å²) in [6.07, 6.45) is 3.50. The number of thiophene rings is 1.